The summed E-state index contributed by atoms with van der Waals surface area (Å²) in [6, 6.07) is 7.91. The van der Waals surface area contributed by atoms with Crippen LogP contribution in [0.1, 0.15) is 6.42 Å². The minimum Gasteiger partial charge on any atom is -0.495 e. The molecule has 0 saturated heterocycles. The molecule has 0 amide bonds. The third-order valence-electron chi connectivity index (χ3n) is 2.80. The van der Waals surface area contributed by atoms with Gasteiger partial charge in [0.1, 0.15) is 5.75 Å². The lowest BCUT2D eigenvalue weighted by molar-refractivity contribution is 0.0966. The van der Waals surface area contributed by atoms with Gasteiger partial charge in [-0.15, -0.1) is 0 Å². The summed E-state index contributed by atoms with van der Waals surface area (Å²) in [6.07, 6.45) is 0.915. The highest BCUT2D eigenvalue weighted by molar-refractivity contribution is 5.58. The largest absolute Gasteiger partial charge is 0.495 e. The lowest BCUT2D eigenvalue weighted by Crippen LogP contribution is -2.30. The van der Waals surface area contributed by atoms with E-state index < -0.39 is 0 Å². The van der Waals surface area contributed by atoms with Crippen LogP contribution in [0, 0.1) is 0 Å². The molecule has 5 heteroatoms. The van der Waals surface area contributed by atoms with Crippen molar-refractivity contribution in [3.8, 4) is 5.75 Å². The van der Waals surface area contributed by atoms with Gasteiger partial charge in [0.05, 0.1) is 32.6 Å². The number of aliphatic hydroxyl groups excluding tert-OH is 1. The summed E-state index contributed by atoms with van der Waals surface area (Å²) >= 11 is 0. The molecule has 0 bridgehead atoms. The molecule has 19 heavy (non-hydrogen) atoms. The highest BCUT2D eigenvalue weighted by Gasteiger charge is 2.10. The van der Waals surface area contributed by atoms with Crippen molar-refractivity contribution >= 4 is 5.69 Å². The first-order chi connectivity index (χ1) is 9.33. The molecule has 1 rings (SSSR count). The molecule has 0 fully saturated rings. The Morgan fingerprint density at radius 2 is 2.00 bits per heavy atom. The first kappa shape index (κ1) is 15.8. The number of nitrogens with two attached hydrogens (primary N) is 1. The second-order valence-electron chi connectivity index (χ2n) is 4.14. The van der Waals surface area contributed by atoms with E-state index in [1.807, 2.05) is 24.3 Å². The predicted octanol–water partition coefficient (Wildman–Crippen LogP) is 0.859. The predicted molar refractivity (Wildman–Crippen MR) is 76.8 cm³/mol. The van der Waals surface area contributed by atoms with Crippen molar-refractivity contribution in [2.45, 2.75) is 6.42 Å². The molecular weight excluding hydrogens is 244 g/mol. The smallest absolute Gasteiger partial charge is 0.142 e. The van der Waals surface area contributed by atoms with E-state index in [1.165, 1.54) is 0 Å². The molecule has 1 aromatic rings. The van der Waals surface area contributed by atoms with Crippen molar-refractivity contribution in [1.82, 2.24) is 0 Å². The maximum Gasteiger partial charge on any atom is 0.142 e. The Balaban J connectivity index is 2.65. The van der Waals surface area contributed by atoms with Crippen LogP contribution in [0.3, 0.4) is 0 Å². The number of anilines is 1. The fourth-order valence-corrected chi connectivity index (χ4v) is 1.87. The van der Waals surface area contributed by atoms with Crippen LogP contribution in [-0.4, -0.2) is 51.7 Å². The number of para-hydroxylation sites is 2. The Hall–Kier alpha value is -1.30. The Morgan fingerprint density at radius 1 is 1.21 bits per heavy atom. The third kappa shape index (κ3) is 5.46. The quantitative estimate of drug-likeness (QED) is 0.616. The van der Waals surface area contributed by atoms with Crippen molar-refractivity contribution in [2.75, 3.05) is 51.5 Å². The molecule has 0 aliphatic heterocycles. The molecule has 0 aromatic heterocycles. The first-order valence-electron chi connectivity index (χ1n) is 6.60. The van der Waals surface area contributed by atoms with Crippen LogP contribution in [0.5, 0.6) is 5.75 Å². The number of methoxy groups -OCH3 is 1. The average molecular weight is 268 g/mol. The van der Waals surface area contributed by atoms with E-state index in [1.54, 1.807) is 7.11 Å². The SMILES string of the molecule is COc1ccccc1N(CCCN)CCOCCO. The van der Waals surface area contributed by atoms with Gasteiger partial charge in [-0.05, 0) is 25.1 Å². The summed E-state index contributed by atoms with van der Waals surface area (Å²) in [4.78, 5) is 2.20. The Labute approximate surface area is 114 Å². The number of benzene rings is 1. The van der Waals surface area contributed by atoms with E-state index in [9.17, 15) is 0 Å². The van der Waals surface area contributed by atoms with Gasteiger partial charge in [-0.1, -0.05) is 12.1 Å². The van der Waals surface area contributed by atoms with Gasteiger partial charge in [-0.3, -0.25) is 0 Å². The molecule has 1 aromatic carbocycles. The Morgan fingerprint density at radius 3 is 2.68 bits per heavy atom. The maximum absolute atomic E-state index is 8.70. The molecule has 0 aliphatic rings. The number of aliphatic hydroxyl groups is 1. The van der Waals surface area contributed by atoms with Gasteiger partial charge in [0.25, 0.3) is 0 Å². The van der Waals surface area contributed by atoms with Crippen LogP contribution < -0.4 is 15.4 Å². The van der Waals surface area contributed by atoms with Crippen LogP contribution in [0.25, 0.3) is 0 Å². The van der Waals surface area contributed by atoms with E-state index in [0.717, 1.165) is 30.9 Å². The van der Waals surface area contributed by atoms with Crippen LogP contribution in [-0.2, 0) is 4.74 Å². The van der Waals surface area contributed by atoms with Gasteiger partial charge in [-0.2, -0.15) is 0 Å². The summed E-state index contributed by atoms with van der Waals surface area (Å²) in [5.41, 5.74) is 6.63. The monoisotopic (exact) mass is 268 g/mol. The van der Waals surface area contributed by atoms with E-state index in [2.05, 4.69) is 4.90 Å². The first-order valence-corrected chi connectivity index (χ1v) is 6.60. The van der Waals surface area contributed by atoms with Crippen LogP contribution >= 0.6 is 0 Å². The van der Waals surface area contributed by atoms with Gasteiger partial charge in [0.15, 0.2) is 0 Å². The van der Waals surface area contributed by atoms with Gasteiger partial charge in [-0.25, -0.2) is 0 Å². The van der Waals surface area contributed by atoms with Gasteiger partial charge < -0.3 is 25.2 Å². The summed E-state index contributed by atoms with van der Waals surface area (Å²) in [6.45, 7) is 3.26. The second-order valence-corrected chi connectivity index (χ2v) is 4.14. The van der Waals surface area contributed by atoms with Crippen LogP contribution in [0.15, 0.2) is 24.3 Å². The zero-order valence-electron chi connectivity index (χ0n) is 11.5. The number of rotatable bonds is 10. The van der Waals surface area contributed by atoms with Crippen molar-refractivity contribution in [3.63, 3.8) is 0 Å². The Bertz CT molecular complexity index is 347. The zero-order chi connectivity index (χ0) is 13.9. The highest BCUT2D eigenvalue weighted by Crippen LogP contribution is 2.27. The molecule has 5 nitrogen and oxygen atoms in total. The fourth-order valence-electron chi connectivity index (χ4n) is 1.87. The van der Waals surface area contributed by atoms with E-state index >= 15 is 0 Å². The molecule has 0 spiro atoms. The van der Waals surface area contributed by atoms with Crippen molar-refractivity contribution < 1.29 is 14.6 Å². The summed E-state index contributed by atoms with van der Waals surface area (Å²) in [5, 5.41) is 8.70. The molecule has 0 saturated carbocycles. The summed E-state index contributed by atoms with van der Waals surface area (Å²) < 4.78 is 10.7. The summed E-state index contributed by atoms with van der Waals surface area (Å²) in [7, 11) is 1.67. The third-order valence-corrected chi connectivity index (χ3v) is 2.80. The molecule has 108 valence electrons. The van der Waals surface area contributed by atoms with E-state index in [4.69, 9.17) is 20.3 Å². The number of hydrogen-bond donors (Lipinski definition) is 2. The maximum atomic E-state index is 8.70. The molecule has 0 atom stereocenters. The van der Waals surface area contributed by atoms with E-state index in [-0.39, 0.29) is 6.61 Å². The molecule has 3 N–H and O–H groups in total. The average Bonchev–Trinajstić information content (AvgIpc) is 2.46. The van der Waals surface area contributed by atoms with Crippen molar-refractivity contribution in [2.24, 2.45) is 5.73 Å². The molecule has 0 heterocycles. The highest BCUT2D eigenvalue weighted by atomic mass is 16.5. The zero-order valence-corrected chi connectivity index (χ0v) is 11.5. The number of hydrogen-bond acceptors (Lipinski definition) is 5. The molecule has 0 radical (unpaired) electrons. The van der Waals surface area contributed by atoms with Crippen molar-refractivity contribution in [3.05, 3.63) is 24.3 Å². The lowest BCUT2D eigenvalue weighted by Gasteiger charge is -2.26. The topological polar surface area (TPSA) is 68.0 Å². The minimum atomic E-state index is 0.0530. The lowest BCUT2D eigenvalue weighted by atomic mass is 10.2. The molecule has 0 aliphatic carbocycles. The van der Waals surface area contributed by atoms with Crippen molar-refractivity contribution in [1.29, 1.82) is 0 Å². The van der Waals surface area contributed by atoms with E-state index in [0.29, 0.717) is 19.8 Å². The minimum absolute atomic E-state index is 0.0530. The van der Waals surface area contributed by atoms with Crippen LogP contribution in [0.4, 0.5) is 5.69 Å². The fraction of sp³-hybridized carbons (Fsp3) is 0.571. The van der Waals surface area contributed by atoms with Crippen LogP contribution in [0.2, 0.25) is 0 Å². The van der Waals surface area contributed by atoms with Gasteiger partial charge in [0.2, 0.25) is 0 Å². The molecular formula is C14H24N2O3. The number of ether oxygens (including phenoxy) is 2. The number of nitrogens with zero attached hydrogens (tertiary/aromatic N) is 1. The summed E-state index contributed by atoms with van der Waals surface area (Å²) in [5.74, 6) is 0.849. The van der Waals surface area contributed by atoms with Gasteiger partial charge in [0, 0.05) is 13.1 Å². The molecule has 0 unspecified atom stereocenters. The second kappa shape index (κ2) is 9.61. The Kier molecular flexibility index (Phi) is 7.97. The van der Waals surface area contributed by atoms with Gasteiger partial charge >= 0.3 is 0 Å². The standard InChI is InChI=1S/C14H24N2O3/c1-18-14-6-3-2-5-13(14)16(8-4-7-15)9-11-19-12-10-17/h2-3,5-6,17H,4,7-12,15H2,1H3. The normalized spacial score (nSPS) is 10.5.